The van der Waals surface area contributed by atoms with Gasteiger partial charge in [0.05, 0.1) is 16.6 Å². The molecular weight excluding hydrogens is 827 g/mol. The van der Waals surface area contributed by atoms with Gasteiger partial charge in [0.1, 0.15) is 0 Å². The molecule has 3 aromatic heterocycles. The third-order valence-corrected chi connectivity index (χ3v) is 13.4. The van der Waals surface area contributed by atoms with Crippen LogP contribution in [0.2, 0.25) is 0 Å². The van der Waals surface area contributed by atoms with Crippen molar-refractivity contribution in [1.82, 2.24) is 24.1 Å². The Labute approximate surface area is 394 Å². The van der Waals surface area contributed by atoms with Crippen molar-refractivity contribution in [1.29, 1.82) is 0 Å². The summed E-state index contributed by atoms with van der Waals surface area (Å²) in [7, 11) is 0. The molecule has 0 amide bonds. The van der Waals surface area contributed by atoms with Crippen LogP contribution in [0.4, 0.5) is 0 Å². The second-order valence-electron chi connectivity index (χ2n) is 17.5. The quantitative estimate of drug-likeness (QED) is 0.153. The third kappa shape index (κ3) is 6.83. The summed E-state index contributed by atoms with van der Waals surface area (Å²) in [5, 5.41) is 3.73. The van der Waals surface area contributed by atoms with E-state index in [1.165, 1.54) is 60.9 Å². The van der Waals surface area contributed by atoms with Gasteiger partial charge in [0, 0.05) is 49.9 Å². The summed E-state index contributed by atoms with van der Waals surface area (Å²) in [5.41, 5.74) is 18.5. The van der Waals surface area contributed by atoms with Crippen molar-refractivity contribution in [2.75, 3.05) is 0 Å². The van der Waals surface area contributed by atoms with Gasteiger partial charge in [-0.15, -0.1) is 0 Å². The molecule has 1 aliphatic carbocycles. The van der Waals surface area contributed by atoms with Crippen LogP contribution in [0.5, 0.6) is 0 Å². The number of benzene rings is 9. The van der Waals surface area contributed by atoms with Crippen LogP contribution in [0.1, 0.15) is 17.7 Å². The lowest BCUT2D eigenvalue weighted by Crippen LogP contribution is -2.00. The zero-order chi connectivity index (χ0) is 45.0. The van der Waals surface area contributed by atoms with Gasteiger partial charge in [0.2, 0.25) is 0 Å². The van der Waals surface area contributed by atoms with Crippen LogP contribution in [-0.4, -0.2) is 24.1 Å². The maximum Gasteiger partial charge on any atom is 0.164 e. The summed E-state index contributed by atoms with van der Waals surface area (Å²) in [4.78, 5) is 15.0. The van der Waals surface area contributed by atoms with E-state index in [2.05, 4.69) is 185 Å². The molecule has 0 atom stereocenters. The zero-order valence-corrected chi connectivity index (χ0v) is 37.2. The molecule has 0 aliphatic heterocycles. The van der Waals surface area contributed by atoms with Gasteiger partial charge < -0.3 is 9.13 Å². The van der Waals surface area contributed by atoms with Crippen LogP contribution in [0.25, 0.3) is 118 Å². The van der Waals surface area contributed by atoms with Crippen LogP contribution in [0, 0.1) is 0 Å². The van der Waals surface area contributed by atoms with Gasteiger partial charge in [-0.3, -0.25) is 0 Å². The summed E-state index contributed by atoms with van der Waals surface area (Å²) >= 11 is 0. The molecular formula is C63H43N5. The fourth-order valence-corrected chi connectivity index (χ4v) is 10.3. The molecule has 1 aliphatic rings. The number of allylic oxidation sites excluding steroid dienone is 1. The van der Waals surface area contributed by atoms with Crippen molar-refractivity contribution in [3.05, 3.63) is 242 Å². The first kappa shape index (κ1) is 39.4. The molecule has 320 valence electrons. The van der Waals surface area contributed by atoms with Crippen LogP contribution in [0.3, 0.4) is 0 Å². The van der Waals surface area contributed by atoms with E-state index in [4.69, 9.17) is 15.0 Å². The SMILES string of the molecule is C1=Cc2c(c3cc(-c4ccc(-n5c6ccccc6c6c(-c7cccc(-c8nc(-c9ccccc9)nc(-c9ccccc9)n8)c7)cccc65)cc4)ccc3n2-c2cccc(-c3ccccc3)c2)CC1. The van der Waals surface area contributed by atoms with Crippen LogP contribution >= 0.6 is 0 Å². The van der Waals surface area contributed by atoms with Gasteiger partial charge in [-0.1, -0.05) is 176 Å². The second kappa shape index (κ2) is 16.5. The number of fused-ring (bicyclic) bond motifs is 6. The topological polar surface area (TPSA) is 48.5 Å². The minimum absolute atomic E-state index is 0.635. The number of aryl methyl sites for hydroxylation is 1. The smallest absolute Gasteiger partial charge is 0.164 e. The van der Waals surface area contributed by atoms with Crippen LogP contribution in [0.15, 0.2) is 231 Å². The van der Waals surface area contributed by atoms with Crippen molar-refractivity contribution in [3.8, 4) is 78.9 Å². The lowest BCUT2D eigenvalue weighted by molar-refractivity contribution is 0.968. The molecule has 0 bridgehead atoms. The Kier molecular flexibility index (Phi) is 9.57. The van der Waals surface area contributed by atoms with Gasteiger partial charge in [0.15, 0.2) is 17.5 Å². The first-order valence-corrected chi connectivity index (χ1v) is 23.3. The Morgan fingerprint density at radius 2 is 0.882 bits per heavy atom. The van der Waals surface area contributed by atoms with E-state index < -0.39 is 0 Å². The van der Waals surface area contributed by atoms with Gasteiger partial charge >= 0.3 is 0 Å². The third-order valence-electron chi connectivity index (χ3n) is 13.4. The Hall–Kier alpha value is -8.93. The molecule has 68 heavy (non-hydrogen) atoms. The van der Waals surface area contributed by atoms with E-state index in [0.29, 0.717) is 17.5 Å². The Bertz CT molecular complexity index is 3830. The molecule has 0 radical (unpaired) electrons. The molecule has 3 heterocycles. The van der Waals surface area contributed by atoms with E-state index in [-0.39, 0.29) is 0 Å². The molecule has 0 saturated carbocycles. The molecule has 9 aromatic carbocycles. The normalized spacial score (nSPS) is 12.2. The Morgan fingerprint density at radius 1 is 0.338 bits per heavy atom. The number of rotatable bonds is 8. The molecule has 12 aromatic rings. The van der Waals surface area contributed by atoms with Crippen molar-refractivity contribution < 1.29 is 0 Å². The fraction of sp³-hybridized carbons (Fsp3) is 0.0317. The van der Waals surface area contributed by atoms with E-state index in [1.54, 1.807) is 0 Å². The first-order valence-electron chi connectivity index (χ1n) is 23.3. The fourth-order valence-electron chi connectivity index (χ4n) is 10.3. The number of hydrogen-bond acceptors (Lipinski definition) is 3. The first-order chi connectivity index (χ1) is 33.7. The average Bonchev–Trinajstić information content (AvgIpc) is 3.94. The highest BCUT2D eigenvalue weighted by molar-refractivity contribution is 6.16. The number of aromatic nitrogens is 5. The van der Waals surface area contributed by atoms with Crippen molar-refractivity contribution >= 4 is 38.8 Å². The van der Waals surface area contributed by atoms with E-state index in [0.717, 1.165) is 57.4 Å². The summed E-state index contributed by atoms with van der Waals surface area (Å²) in [6.07, 6.45) is 6.70. The average molecular weight is 870 g/mol. The lowest BCUT2D eigenvalue weighted by Gasteiger charge is -2.13. The van der Waals surface area contributed by atoms with Crippen LogP contribution in [-0.2, 0) is 6.42 Å². The zero-order valence-electron chi connectivity index (χ0n) is 37.2. The summed E-state index contributed by atoms with van der Waals surface area (Å²) < 4.78 is 4.85. The van der Waals surface area contributed by atoms with E-state index >= 15 is 0 Å². The summed E-state index contributed by atoms with van der Waals surface area (Å²) in [5.74, 6) is 1.93. The van der Waals surface area contributed by atoms with Crippen LogP contribution < -0.4 is 0 Å². The minimum Gasteiger partial charge on any atom is -0.310 e. The molecule has 0 spiro atoms. The van der Waals surface area contributed by atoms with Gasteiger partial charge in [-0.2, -0.15) is 0 Å². The Balaban J connectivity index is 0.879. The maximum absolute atomic E-state index is 5.05. The van der Waals surface area contributed by atoms with Gasteiger partial charge in [-0.25, -0.2) is 15.0 Å². The van der Waals surface area contributed by atoms with E-state index in [9.17, 15) is 0 Å². The summed E-state index contributed by atoms with van der Waals surface area (Å²) in [6.45, 7) is 0. The predicted octanol–water partition coefficient (Wildman–Crippen LogP) is 15.9. The van der Waals surface area contributed by atoms with E-state index in [1.807, 2.05) is 60.7 Å². The Morgan fingerprint density at radius 3 is 1.63 bits per heavy atom. The predicted molar refractivity (Wildman–Crippen MR) is 281 cm³/mol. The molecule has 5 heteroatoms. The highest BCUT2D eigenvalue weighted by Gasteiger charge is 2.21. The molecule has 13 rings (SSSR count). The monoisotopic (exact) mass is 869 g/mol. The second-order valence-corrected chi connectivity index (χ2v) is 17.5. The molecule has 0 unspecified atom stereocenters. The highest BCUT2D eigenvalue weighted by atomic mass is 15.0. The summed E-state index contributed by atoms with van der Waals surface area (Å²) in [6, 6.07) is 80.0. The molecule has 0 N–H and O–H groups in total. The molecule has 0 saturated heterocycles. The lowest BCUT2D eigenvalue weighted by atomic mass is 9.97. The number of para-hydroxylation sites is 1. The maximum atomic E-state index is 5.05. The highest BCUT2D eigenvalue weighted by Crippen LogP contribution is 2.41. The largest absolute Gasteiger partial charge is 0.310 e. The molecule has 0 fully saturated rings. The van der Waals surface area contributed by atoms with Gasteiger partial charge in [0.25, 0.3) is 0 Å². The van der Waals surface area contributed by atoms with Gasteiger partial charge in [-0.05, 0) is 112 Å². The van der Waals surface area contributed by atoms with Crippen molar-refractivity contribution in [2.45, 2.75) is 12.8 Å². The van der Waals surface area contributed by atoms with Crippen molar-refractivity contribution in [2.24, 2.45) is 0 Å². The number of hydrogen-bond donors (Lipinski definition) is 0. The van der Waals surface area contributed by atoms with Crippen molar-refractivity contribution in [3.63, 3.8) is 0 Å². The minimum atomic E-state index is 0.635. The number of nitrogens with zero attached hydrogens (tertiary/aromatic N) is 5. The molecule has 5 nitrogen and oxygen atoms in total. The standard InChI is InChI=1S/C63H43N5/c1-4-17-42(18-5-1)46-23-15-26-51(40-46)68-56-30-12-10-27-53(56)55-41-47(35-38-58(55)68)43-33-36-50(37-34-43)67-57-31-13-11-28-54(57)60-52(29-16-32-59(60)67)48-24-14-25-49(39-48)63-65-61(44-19-6-2-7-20-44)64-62(66-63)45-21-8-3-9-22-45/h1-9,11-26,28-41H,10,27H2.